The summed E-state index contributed by atoms with van der Waals surface area (Å²) in [5, 5.41) is 24.1. The lowest BCUT2D eigenvalue weighted by Crippen LogP contribution is -2.47. The van der Waals surface area contributed by atoms with Gasteiger partial charge in [-0.15, -0.1) is 0 Å². The number of nitrogens with two attached hydrogens (primary N) is 1. The van der Waals surface area contributed by atoms with E-state index < -0.39 is 42.2 Å². The molecule has 45 heavy (non-hydrogen) atoms. The molecule has 2 aromatic carbocycles. The van der Waals surface area contributed by atoms with Gasteiger partial charge < -0.3 is 25.6 Å². The fourth-order valence-corrected chi connectivity index (χ4v) is 3.95. The van der Waals surface area contributed by atoms with Crippen LogP contribution in [0.1, 0.15) is 17.7 Å². The second-order valence-corrected chi connectivity index (χ2v) is 9.22. The van der Waals surface area contributed by atoms with Gasteiger partial charge in [0.15, 0.2) is 0 Å². The van der Waals surface area contributed by atoms with Crippen LogP contribution in [0.3, 0.4) is 0 Å². The molecule has 1 aromatic heterocycles. The molecule has 0 aliphatic carbocycles. The van der Waals surface area contributed by atoms with Crippen molar-refractivity contribution in [1.29, 1.82) is 0 Å². The van der Waals surface area contributed by atoms with Crippen LogP contribution in [-0.2, 0) is 25.8 Å². The molecule has 18 heteroatoms. The van der Waals surface area contributed by atoms with Gasteiger partial charge in [0, 0.05) is 28.9 Å². The Bertz CT molecular complexity index is 1490. The van der Waals surface area contributed by atoms with Crippen LogP contribution in [0.15, 0.2) is 54.6 Å². The summed E-state index contributed by atoms with van der Waals surface area (Å²) >= 11 is 0. The van der Waals surface area contributed by atoms with E-state index in [1.165, 1.54) is 5.48 Å². The first kappa shape index (κ1) is 36.2. The number of nitrogens with one attached hydrogen (secondary N) is 1. The highest BCUT2D eigenvalue weighted by atomic mass is 19.4. The van der Waals surface area contributed by atoms with E-state index in [0.29, 0.717) is 31.0 Å². The van der Waals surface area contributed by atoms with E-state index in [1.807, 2.05) is 61.5 Å². The third-order valence-corrected chi connectivity index (χ3v) is 6.05. The van der Waals surface area contributed by atoms with Crippen LogP contribution in [0.5, 0.6) is 5.75 Å². The molecule has 4 rings (SSSR count). The molecule has 1 fully saturated rings. The lowest BCUT2D eigenvalue weighted by Gasteiger charge is -2.19. The van der Waals surface area contributed by atoms with Crippen molar-refractivity contribution in [3.63, 3.8) is 0 Å². The van der Waals surface area contributed by atoms with E-state index >= 15 is 0 Å². The van der Waals surface area contributed by atoms with Crippen molar-refractivity contribution in [3.05, 3.63) is 65.9 Å². The van der Waals surface area contributed by atoms with Gasteiger partial charge in [0.05, 0.1) is 17.5 Å². The number of halogens is 6. The smallest absolute Gasteiger partial charge is 0.489 e. The van der Waals surface area contributed by atoms with Gasteiger partial charge in [-0.2, -0.15) is 26.3 Å². The Morgan fingerprint density at radius 3 is 2.07 bits per heavy atom. The van der Waals surface area contributed by atoms with Crippen LogP contribution in [-0.4, -0.2) is 69.1 Å². The number of aromatic nitrogens is 1. The number of nitrogens with zero attached hydrogens (tertiary/aromatic N) is 2. The number of para-hydroxylation sites is 1. The molecule has 12 nitrogen and oxygen atoms in total. The predicted molar refractivity (Wildman–Crippen MR) is 143 cm³/mol. The average Bonchev–Trinajstić information content (AvgIpc) is 3.35. The number of carboxylic acid groups (broad SMARTS) is 2. The number of benzene rings is 2. The van der Waals surface area contributed by atoms with Crippen LogP contribution in [0.25, 0.3) is 10.9 Å². The quantitative estimate of drug-likeness (QED) is 0.150. The Kier molecular flexibility index (Phi) is 12.2. The summed E-state index contributed by atoms with van der Waals surface area (Å²) in [5.74, 6) is -6.49. The fraction of sp³-hybridized carbons (Fsp3) is 0.296. The topological polar surface area (TPSA) is 192 Å². The van der Waals surface area contributed by atoms with Crippen LogP contribution in [0.2, 0.25) is 0 Å². The van der Waals surface area contributed by atoms with Crippen molar-refractivity contribution in [2.45, 2.75) is 38.3 Å². The van der Waals surface area contributed by atoms with E-state index in [1.54, 1.807) is 4.90 Å². The minimum atomic E-state index is -5.08. The Morgan fingerprint density at radius 1 is 1.02 bits per heavy atom. The second kappa shape index (κ2) is 15.2. The number of amides is 2. The first-order valence-electron chi connectivity index (χ1n) is 12.6. The maximum Gasteiger partial charge on any atom is 0.490 e. The van der Waals surface area contributed by atoms with Crippen LogP contribution < -0.4 is 20.9 Å². The maximum absolute atomic E-state index is 12.7. The summed E-state index contributed by atoms with van der Waals surface area (Å²) in [4.78, 5) is 48.1. The first-order valence-corrected chi connectivity index (χ1v) is 12.6. The summed E-state index contributed by atoms with van der Waals surface area (Å²) in [6, 6.07) is 16.1. The Hall–Kier alpha value is -4.97. The number of carbonyl (C=O) groups is 4. The Morgan fingerprint density at radius 2 is 1.56 bits per heavy atom. The van der Waals surface area contributed by atoms with Crippen LogP contribution in [0.4, 0.5) is 32.0 Å². The lowest BCUT2D eigenvalue weighted by atomic mass is 9.98. The van der Waals surface area contributed by atoms with E-state index in [9.17, 15) is 35.9 Å². The summed E-state index contributed by atoms with van der Waals surface area (Å²) in [7, 11) is 0. The molecular weight excluding hydrogens is 622 g/mol. The average molecular weight is 649 g/mol. The number of hydrogen-bond donors (Lipinski definition) is 5. The molecule has 1 aliphatic heterocycles. The van der Waals surface area contributed by atoms with Gasteiger partial charge >= 0.3 is 24.3 Å². The Labute approximate surface area is 250 Å². The normalized spacial score (nSPS) is 15.3. The van der Waals surface area contributed by atoms with Crippen molar-refractivity contribution in [2.24, 2.45) is 11.7 Å². The Balaban J connectivity index is 0.000000421. The van der Waals surface area contributed by atoms with Gasteiger partial charge in [0.25, 0.3) is 5.91 Å². The van der Waals surface area contributed by atoms with Crippen molar-refractivity contribution in [3.8, 4) is 5.75 Å². The molecule has 3 aromatic rings. The molecule has 0 saturated carbocycles. The summed E-state index contributed by atoms with van der Waals surface area (Å²) < 4.78 is 69.4. The number of hydroxylamine groups is 1. The van der Waals surface area contributed by atoms with Crippen molar-refractivity contribution < 1.29 is 65.7 Å². The number of aryl methyl sites for hydroxylation is 1. The van der Waals surface area contributed by atoms with Crippen molar-refractivity contribution >= 4 is 40.3 Å². The van der Waals surface area contributed by atoms with Crippen molar-refractivity contribution in [2.75, 3.05) is 11.4 Å². The van der Waals surface area contributed by atoms with E-state index in [4.69, 9.17) is 35.5 Å². The summed E-state index contributed by atoms with van der Waals surface area (Å²) in [6.45, 7) is 2.82. The predicted octanol–water partition coefficient (Wildman–Crippen LogP) is 3.57. The highest BCUT2D eigenvalue weighted by Gasteiger charge is 2.40. The number of fused-ring (bicyclic) bond motifs is 1. The number of ether oxygens (including phenoxy) is 1. The van der Waals surface area contributed by atoms with Gasteiger partial charge in [0.1, 0.15) is 12.4 Å². The number of carbonyl (C=O) groups excluding carboxylic acids is 2. The third-order valence-electron chi connectivity index (χ3n) is 6.05. The highest BCUT2D eigenvalue weighted by Crippen LogP contribution is 2.29. The zero-order chi connectivity index (χ0) is 34.1. The van der Waals surface area contributed by atoms with Gasteiger partial charge in [-0.3, -0.25) is 19.8 Å². The largest absolute Gasteiger partial charge is 0.490 e. The van der Waals surface area contributed by atoms with E-state index in [0.717, 1.165) is 22.2 Å². The van der Waals surface area contributed by atoms with Gasteiger partial charge in [-0.1, -0.05) is 18.2 Å². The minimum absolute atomic E-state index is 0.233. The van der Waals surface area contributed by atoms with E-state index in [2.05, 4.69) is 4.98 Å². The molecule has 6 N–H and O–H groups in total. The zero-order valence-electron chi connectivity index (χ0n) is 23.1. The molecule has 1 saturated heterocycles. The molecule has 0 unspecified atom stereocenters. The zero-order valence-corrected chi connectivity index (χ0v) is 23.1. The third kappa shape index (κ3) is 10.3. The molecule has 2 heterocycles. The summed E-state index contributed by atoms with van der Waals surface area (Å²) in [5.41, 5.74) is 10.9. The number of alkyl halides is 6. The molecular formula is C27H26F6N4O8. The fourth-order valence-electron chi connectivity index (χ4n) is 3.95. The van der Waals surface area contributed by atoms with Crippen molar-refractivity contribution in [1.82, 2.24) is 10.5 Å². The maximum atomic E-state index is 12.7. The number of carboxylic acids is 2. The monoisotopic (exact) mass is 648 g/mol. The lowest BCUT2D eigenvalue weighted by molar-refractivity contribution is -0.193. The SMILES string of the molecule is Cc1cc(COc2ccc(N3CC[C@H]([C@H](N)C(=O)NO)C3=O)cc2)c2ccccc2n1.O=C(O)C(F)(F)F.O=C(O)C(F)(F)F. The number of rotatable bonds is 6. The molecule has 0 radical (unpaired) electrons. The van der Waals surface area contributed by atoms with Gasteiger partial charge in [-0.25, -0.2) is 15.1 Å². The van der Waals surface area contributed by atoms with Crippen LogP contribution >= 0.6 is 0 Å². The number of anilines is 1. The van der Waals surface area contributed by atoms with Gasteiger partial charge in [-0.05, 0) is 49.7 Å². The van der Waals surface area contributed by atoms with Crippen LogP contribution in [0, 0.1) is 12.8 Å². The number of hydrogen-bond acceptors (Lipinski definition) is 8. The first-order chi connectivity index (χ1) is 20.9. The second-order valence-electron chi connectivity index (χ2n) is 9.22. The van der Waals surface area contributed by atoms with E-state index in [-0.39, 0.29) is 5.91 Å². The highest BCUT2D eigenvalue weighted by molar-refractivity contribution is 6.00. The standard InChI is InChI=1S/C23H24N4O4.2C2HF3O2/c1-14-12-15(18-4-2-3-5-20(18)25-14)13-31-17-8-6-16(7-9-17)27-11-10-19(23(27)29)21(24)22(28)26-30;2*3-2(4,5)1(6)7/h2-9,12,19,21,30H,10-11,13,24H2,1H3,(H,26,28);2*(H,6,7)/t19-,21+;;/m1../s1. The molecule has 1 aliphatic rings. The van der Waals surface area contributed by atoms with Gasteiger partial charge in [0.2, 0.25) is 5.91 Å². The number of pyridine rings is 1. The molecule has 2 atom stereocenters. The molecule has 0 bridgehead atoms. The molecule has 0 spiro atoms. The molecule has 2 amide bonds. The summed E-state index contributed by atoms with van der Waals surface area (Å²) in [6.07, 6.45) is -9.72. The number of aliphatic carboxylic acids is 2. The minimum Gasteiger partial charge on any atom is -0.489 e. The molecule has 244 valence electrons.